The van der Waals surface area contributed by atoms with E-state index in [-0.39, 0.29) is 0 Å². The minimum absolute atomic E-state index is 0.420. The van der Waals surface area contributed by atoms with Gasteiger partial charge in [-0.15, -0.1) is 0 Å². The van der Waals surface area contributed by atoms with Gasteiger partial charge in [-0.2, -0.15) is 0 Å². The van der Waals surface area contributed by atoms with Gasteiger partial charge >= 0.3 is 11.3 Å². The molecule has 2 aromatic rings. The topological polar surface area (TPSA) is 78.9 Å². The molecule has 0 fully saturated rings. The quantitative estimate of drug-likeness (QED) is 0.731. The van der Waals surface area contributed by atoms with Gasteiger partial charge in [0.05, 0.1) is 25.3 Å². The average molecular weight is 306 g/mol. The number of ether oxygens (including phenoxy) is 2. The fourth-order valence-corrected chi connectivity index (χ4v) is 1.90. The van der Waals surface area contributed by atoms with Crippen molar-refractivity contribution in [2.45, 2.75) is 26.7 Å². The Hall–Kier alpha value is -2.50. The first-order chi connectivity index (χ1) is 10.5. The minimum atomic E-state index is -0.420. The predicted molar refractivity (Wildman–Crippen MR) is 79.7 cm³/mol. The molecule has 0 aliphatic carbocycles. The van der Waals surface area contributed by atoms with Crippen molar-refractivity contribution < 1.29 is 18.3 Å². The summed E-state index contributed by atoms with van der Waals surface area (Å²) in [6.07, 6.45) is 1.53. The summed E-state index contributed by atoms with van der Waals surface area (Å²) in [6, 6.07) is 5.97. The van der Waals surface area contributed by atoms with Crippen molar-refractivity contribution in [2.75, 3.05) is 13.2 Å². The van der Waals surface area contributed by atoms with Crippen LogP contribution in [0.25, 0.3) is 0 Å². The predicted octanol–water partition coefficient (Wildman–Crippen LogP) is 2.45. The van der Waals surface area contributed by atoms with E-state index in [1.54, 1.807) is 26.0 Å². The zero-order valence-corrected chi connectivity index (χ0v) is 12.6. The summed E-state index contributed by atoms with van der Waals surface area (Å²) in [5, 5.41) is 0. The monoisotopic (exact) mass is 306 g/mol. The third-order valence-corrected chi connectivity index (χ3v) is 2.81. The van der Waals surface area contributed by atoms with E-state index in [1.165, 1.54) is 12.1 Å². The van der Waals surface area contributed by atoms with Crippen molar-refractivity contribution >= 4 is 0 Å². The SMILES string of the molecule is Cc1cc(OCCCCOc2cc(C)oc(=O)c2)cc(=O)o1. The Morgan fingerprint density at radius 3 is 1.55 bits per heavy atom. The van der Waals surface area contributed by atoms with Gasteiger partial charge in [0, 0.05) is 12.1 Å². The van der Waals surface area contributed by atoms with Crippen LogP contribution in [0, 0.1) is 13.8 Å². The summed E-state index contributed by atoms with van der Waals surface area (Å²) in [4.78, 5) is 22.3. The molecule has 0 amide bonds. The molecule has 2 rings (SSSR count). The van der Waals surface area contributed by atoms with Gasteiger partial charge in [-0.25, -0.2) is 9.59 Å². The molecular formula is C16H18O6. The van der Waals surface area contributed by atoms with E-state index in [4.69, 9.17) is 18.3 Å². The first-order valence-electron chi connectivity index (χ1n) is 7.02. The molecule has 0 bridgehead atoms. The highest BCUT2D eigenvalue weighted by Crippen LogP contribution is 2.11. The zero-order chi connectivity index (χ0) is 15.9. The van der Waals surface area contributed by atoms with Crippen molar-refractivity contribution in [1.29, 1.82) is 0 Å². The van der Waals surface area contributed by atoms with Crippen LogP contribution >= 0.6 is 0 Å². The molecule has 0 saturated carbocycles. The Kier molecular flexibility index (Phi) is 5.41. The zero-order valence-electron chi connectivity index (χ0n) is 12.6. The second-order valence-corrected chi connectivity index (χ2v) is 4.85. The highest BCUT2D eigenvalue weighted by Gasteiger charge is 2.01. The van der Waals surface area contributed by atoms with Gasteiger partial charge in [0.1, 0.15) is 23.0 Å². The fourth-order valence-electron chi connectivity index (χ4n) is 1.90. The first kappa shape index (κ1) is 15.9. The van der Waals surface area contributed by atoms with Crippen LogP contribution in [0.4, 0.5) is 0 Å². The van der Waals surface area contributed by atoms with Crippen LogP contribution in [0.3, 0.4) is 0 Å². The van der Waals surface area contributed by atoms with Gasteiger partial charge in [-0.05, 0) is 26.7 Å². The largest absolute Gasteiger partial charge is 0.493 e. The van der Waals surface area contributed by atoms with Crippen LogP contribution in [0.1, 0.15) is 24.4 Å². The van der Waals surface area contributed by atoms with Crippen LogP contribution in [0.2, 0.25) is 0 Å². The number of hydrogen-bond acceptors (Lipinski definition) is 6. The molecule has 0 aliphatic rings. The van der Waals surface area contributed by atoms with Crippen LogP contribution in [0.15, 0.2) is 42.7 Å². The summed E-state index contributed by atoms with van der Waals surface area (Å²) in [5.41, 5.74) is -0.840. The molecule has 0 saturated heterocycles. The van der Waals surface area contributed by atoms with Gasteiger partial charge in [-0.3, -0.25) is 0 Å². The highest BCUT2D eigenvalue weighted by atomic mass is 16.5. The van der Waals surface area contributed by atoms with Crippen molar-refractivity contribution in [2.24, 2.45) is 0 Å². The lowest BCUT2D eigenvalue weighted by Gasteiger charge is -2.07. The van der Waals surface area contributed by atoms with Crippen molar-refractivity contribution in [3.63, 3.8) is 0 Å². The van der Waals surface area contributed by atoms with Crippen LogP contribution in [-0.4, -0.2) is 13.2 Å². The van der Waals surface area contributed by atoms with E-state index in [2.05, 4.69) is 0 Å². The molecule has 2 heterocycles. The Bertz CT molecular complexity index is 664. The van der Waals surface area contributed by atoms with Crippen LogP contribution < -0.4 is 20.7 Å². The molecule has 2 aromatic heterocycles. The number of aryl methyl sites for hydroxylation is 2. The number of hydrogen-bond donors (Lipinski definition) is 0. The van der Waals surface area contributed by atoms with Crippen LogP contribution in [-0.2, 0) is 0 Å². The molecular weight excluding hydrogens is 288 g/mol. The minimum Gasteiger partial charge on any atom is -0.493 e. The van der Waals surface area contributed by atoms with E-state index in [0.717, 1.165) is 12.8 Å². The molecule has 0 N–H and O–H groups in total. The molecule has 0 radical (unpaired) electrons. The molecule has 22 heavy (non-hydrogen) atoms. The van der Waals surface area contributed by atoms with E-state index in [0.29, 0.717) is 36.2 Å². The normalized spacial score (nSPS) is 10.5. The maximum Gasteiger partial charge on any atom is 0.339 e. The van der Waals surface area contributed by atoms with Crippen molar-refractivity contribution in [3.8, 4) is 11.5 Å². The lowest BCUT2D eigenvalue weighted by atomic mass is 10.3. The van der Waals surface area contributed by atoms with Gasteiger partial charge in [0.15, 0.2) is 0 Å². The second kappa shape index (κ2) is 7.49. The Morgan fingerprint density at radius 1 is 0.773 bits per heavy atom. The molecule has 118 valence electrons. The van der Waals surface area contributed by atoms with Crippen LogP contribution in [0.5, 0.6) is 11.5 Å². The summed E-state index contributed by atoms with van der Waals surface area (Å²) in [5.74, 6) is 2.05. The van der Waals surface area contributed by atoms with E-state index in [1.807, 2.05) is 0 Å². The summed E-state index contributed by atoms with van der Waals surface area (Å²) >= 11 is 0. The second-order valence-electron chi connectivity index (χ2n) is 4.85. The number of unbranched alkanes of at least 4 members (excludes halogenated alkanes) is 1. The fraction of sp³-hybridized carbons (Fsp3) is 0.375. The van der Waals surface area contributed by atoms with E-state index >= 15 is 0 Å². The lowest BCUT2D eigenvalue weighted by Crippen LogP contribution is -2.06. The standard InChI is InChI=1S/C16H18O6/c1-11-7-13(9-15(17)21-11)19-5-3-4-6-20-14-8-12(2)22-16(18)10-14/h7-10H,3-6H2,1-2H3. The van der Waals surface area contributed by atoms with Gasteiger partial charge < -0.3 is 18.3 Å². The lowest BCUT2D eigenvalue weighted by molar-refractivity contribution is 0.262. The molecule has 0 spiro atoms. The summed E-state index contributed by atoms with van der Waals surface area (Å²) in [7, 11) is 0. The summed E-state index contributed by atoms with van der Waals surface area (Å²) in [6.45, 7) is 4.34. The molecule has 6 nitrogen and oxygen atoms in total. The third kappa shape index (κ3) is 5.12. The summed E-state index contributed by atoms with van der Waals surface area (Å²) < 4.78 is 20.6. The first-order valence-corrected chi connectivity index (χ1v) is 7.02. The molecule has 0 unspecified atom stereocenters. The average Bonchev–Trinajstić information content (AvgIpc) is 2.40. The smallest absolute Gasteiger partial charge is 0.339 e. The third-order valence-electron chi connectivity index (χ3n) is 2.81. The molecule has 6 heteroatoms. The van der Waals surface area contributed by atoms with Gasteiger partial charge in [0.2, 0.25) is 0 Å². The number of rotatable bonds is 7. The van der Waals surface area contributed by atoms with Crippen molar-refractivity contribution in [1.82, 2.24) is 0 Å². The van der Waals surface area contributed by atoms with Gasteiger partial charge in [0.25, 0.3) is 0 Å². The molecule has 0 aliphatic heterocycles. The Balaban J connectivity index is 1.69. The van der Waals surface area contributed by atoms with E-state index < -0.39 is 11.3 Å². The maximum atomic E-state index is 11.2. The van der Waals surface area contributed by atoms with Crippen molar-refractivity contribution in [3.05, 3.63) is 56.6 Å². The molecule has 0 aromatic carbocycles. The maximum absolute atomic E-state index is 11.2. The Morgan fingerprint density at radius 2 is 1.18 bits per heavy atom. The highest BCUT2D eigenvalue weighted by molar-refractivity contribution is 5.20. The van der Waals surface area contributed by atoms with Gasteiger partial charge in [-0.1, -0.05) is 0 Å². The molecule has 0 atom stereocenters. The Labute approximate surface area is 127 Å². The van der Waals surface area contributed by atoms with E-state index in [9.17, 15) is 9.59 Å².